The summed E-state index contributed by atoms with van der Waals surface area (Å²) in [4.78, 5) is 0. The van der Waals surface area contributed by atoms with Crippen molar-refractivity contribution in [1.82, 2.24) is 0 Å². The lowest BCUT2D eigenvalue weighted by Gasteiger charge is -2.07. The number of hydrogen-bond donors (Lipinski definition) is 1. The topological polar surface area (TPSA) is 49.8 Å². The molecule has 0 aliphatic rings. The molecule has 2 N–H and O–H groups in total. The van der Waals surface area contributed by atoms with E-state index in [1.165, 1.54) is 0 Å². The maximum Gasteiger partial charge on any atom is 0.416 e. The molecule has 1 aromatic rings. The van der Waals surface area contributed by atoms with Crippen LogP contribution in [0.3, 0.4) is 0 Å². The van der Waals surface area contributed by atoms with Crippen LogP contribution in [0, 0.1) is 23.2 Å². The van der Waals surface area contributed by atoms with Crippen LogP contribution in [-0.4, -0.2) is 0 Å². The number of nitrogens with zero attached hydrogens (tertiary/aromatic N) is 1. The second-order valence-corrected chi connectivity index (χ2v) is 2.94. The van der Waals surface area contributed by atoms with Crippen molar-refractivity contribution in [1.29, 1.82) is 5.26 Å². The van der Waals surface area contributed by atoms with Crippen LogP contribution in [0.4, 0.5) is 18.9 Å². The van der Waals surface area contributed by atoms with Gasteiger partial charge in [-0.25, -0.2) is 0 Å². The van der Waals surface area contributed by atoms with Crippen molar-refractivity contribution in [2.24, 2.45) is 0 Å². The van der Waals surface area contributed by atoms with Gasteiger partial charge in [0.2, 0.25) is 0 Å². The standard InChI is InChI=1S/C11H7F3N2/c12-11(13,14)9-4-5-10(16)8(7-9)3-1-2-6-15/h4-5,7H,2,16H2. The van der Waals surface area contributed by atoms with Gasteiger partial charge in [0.1, 0.15) is 0 Å². The van der Waals surface area contributed by atoms with E-state index in [4.69, 9.17) is 11.0 Å². The number of rotatable bonds is 0. The number of halogens is 3. The van der Waals surface area contributed by atoms with Crippen molar-refractivity contribution < 1.29 is 13.2 Å². The lowest BCUT2D eigenvalue weighted by Crippen LogP contribution is -2.05. The van der Waals surface area contributed by atoms with Gasteiger partial charge < -0.3 is 5.73 Å². The first-order valence-electron chi connectivity index (χ1n) is 4.27. The zero-order valence-electron chi connectivity index (χ0n) is 8.10. The van der Waals surface area contributed by atoms with Gasteiger partial charge in [-0.1, -0.05) is 11.8 Å². The number of nitrogen functional groups attached to an aromatic ring is 1. The summed E-state index contributed by atoms with van der Waals surface area (Å²) in [5, 5.41) is 8.23. The highest BCUT2D eigenvalue weighted by Crippen LogP contribution is 2.30. The molecule has 82 valence electrons. The molecule has 0 atom stereocenters. The number of benzene rings is 1. The third-order valence-electron chi connectivity index (χ3n) is 1.77. The van der Waals surface area contributed by atoms with E-state index in [9.17, 15) is 13.2 Å². The molecule has 0 spiro atoms. The Morgan fingerprint density at radius 3 is 2.56 bits per heavy atom. The largest absolute Gasteiger partial charge is 0.416 e. The molecule has 0 aliphatic heterocycles. The monoisotopic (exact) mass is 224 g/mol. The molecule has 0 saturated heterocycles. The number of hydrogen-bond acceptors (Lipinski definition) is 2. The predicted octanol–water partition coefficient (Wildman–Crippen LogP) is 2.55. The fourth-order valence-corrected chi connectivity index (χ4v) is 1.02. The number of anilines is 1. The van der Waals surface area contributed by atoms with Gasteiger partial charge in [-0.3, -0.25) is 0 Å². The first-order chi connectivity index (χ1) is 7.45. The summed E-state index contributed by atoms with van der Waals surface area (Å²) in [6.07, 6.45) is -4.46. The minimum absolute atomic E-state index is 0.0459. The molecule has 0 aromatic heterocycles. The molecule has 5 heteroatoms. The van der Waals surface area contributed by atoms with E-state index < -0.39 is 11.7 Å². The van der Waals surface area contributed by atoms with Crippen LogP contribution in [0.1, 0.15) is 17.5 Å². The Hall–Kier alpha value is -2.14. The highest BCUT2D eigenvalue weighted by Gasteiger charge is 2.30. The van der Waals surface area contributed by atoms with E-state index in [-0.39, 0.29) is 17.7 Å². The molecule has 0 saturated carbocycles. The van der Waals surface area contributed by atoms with Crippen molar-refractivity contribution in [3.8, 4) is 17.9 Å². The second kappa shape index (κ2) is 4.59. The number of nitrogens with two attached hydrogens (primary N) is 1. The van der Waals surface area contributed by atoms with Gasteiger partial charge in [-0.2, -0.15) is 18.4 Å². The molecule has 1 aromatic carbocycles. The van der Waals surface area contributed by atoms with Crippen molar-refractivity contribution >= 4 is 5.69 Å². The van der Waals surface area contributed by atoms with Gasteiger partial charge in [0.05, 0.1) is 18.1 Å². The van der Waals surface area contributed by atoms with Gasteiger partial charge >= 0.3 is 6.18 Å². The first kappa shape index (κ1) is 11.9. The van der Waals surface area contributed by atoms with Crippen molar-refractivity contribution in [3.05, 3.63) is 29.3 Å². The first-order valence-corrected chi connectivity index (χ1v) is 4.27. The molecule has 16 heavy (non-hydrogen) atoms. The molecule has 2 nitrogen and oxygen atoms in total. The Morgan fingerprint density at radius 2 is 2.00 bits per heavy atom. The molecular weight excluding hydrogens is 217 g/mol. The summed E-state index contributed by atoms with van der Waals surface area (Å²) < 4.78 is 37.0. The second-order valence-electron chi connectivity index (χ2n) is 2.94. The molecule has 0 unspecified atom stereocenters. The fourth-order valence-electron chi connectivity index (χ4n) is 1.02. The van der Waals surface area contributed by atoms with E-state index >= 15 is 0 Å². The Labute approximate surface area is 90.5 Å². The quantitative estimate of drug-likeness (QED) is 0.543. The Kier molecular flexibility index (Phi) is 3.42. The van der Waals surface area contributed by atoms with Crippen molar-refractivity contribution in [2.45, 2.75) is 12.6 Å². The molecule has 0 heterocycles. The van der Waals surface area contributed by atoms with Crippen molar-refractivity contribution in [3.63, 3.8) is 0 Å². The highest BCUT2D eigenvalue weighted by atomic mass is 19.4. The average molecular weight is 224 g/mol. The summed E-state index contributed by atoms with van der Waals surface area (Å²) in [6, 6.07) is 4.69. The summed E-state index contributed by atoms with van der Waals surface area (Å²) in [6.45, 7) is 0. The highest BCUT2D eigenvalue weighted by molar-refractivity contribution is 5.57. The maximum atomic E-state index is 12.3. The number of nitriles is 1. The summed E-state index contributed by atoms with van der Waals surface area (Å²) >= 11 is 0. The zero-order chi connectivity index (χ0) is 12.2. The molecule has 0 radical (unpaired) electrons. The van der Waals surface area contributed by atoms with E-state index in [1.807, 2.05) is 0 Å². The van der Waals surface area contributed by atoms with Crippen LogP contribution in [-0.2, 0) is 6.18 Å². The summed E-state index contributed by atoms with van der Waals surface area (Å²) in [7, 11) is 0. The van der Waals surface area contributed by atoms with Gasteiger partial charge in [0, 0.05) is 11.3 Å². The van der Waals surface area contributed by atoms with Crippen LogP contribution < -0.4 is 5.73 Å². The molecule has 0 fully saturated rings. The molecule has 1 rings (SSSR count). The third-order valence-corrected chi connectivity index (χ3v) is 1.77. The van der Waals surface area contributed by atoms with E-state index in [1.54, 1.807) is 6.07 Å². The minimum atomic E-state index is -4.42. The SMILES string of the molecule is N#CCC#Cc1cc(C(F)(F)F)ccc1N. The van der Waals surface area contributed by atoms with Gasteiger partial charge in [-0.15, -0.1) is 0 Å². The normalized spacial score (nSPS) is 10.1. The van der Waals surface area contributed by atoms with Crippen LogP contribution in [0.15, 0.2) is 18.2 Å². The Morgan fingerprint density at radius 1 is 1.31 bits per heavy atom. The molecule has 0 amide bonds. The lowest BCUT2D eigenvalue weighted by atomic mass is 10.1. The van der Waals surface area contributed by atoms with E-state index in [0.717, 1.165) is 18.2 Å². The van der Waals surface area contributed by atoms with Gasteiger partial charge in [0.15, 0.2) is 0 Å². The summed E-state index contributed by atoms with van der Waals surface area (Å²) in [5.74, 6) is 4.84. The van der Waals surface area contributed by atoms with Gasteiger partial charge in [-0.05, 0) is 18.2 Å². The van der Waals surface area contributed by atoms with Crippen LogP contribution >= 0.6 is 0 Å². The molecule has 0 aliphatic carbocycles. The van der Waals surface area contributed by atoms with Crippen LogP contribution in [0.2, 0.25) is 0 Å². The molecule has 0 bridgehead atoms. The van der Waals surface area contributed by atoms with Crippen LogP contribution in [0.5, 0.6) is 0 Å². The minimum Gasteiger partial charge on any atom is -0.398 e. The fraction of sp³-hybridized carbons (Fsp3) is 0.182. The van der Waals surface area contributed by atoms with Crippen LogP contribution in [0.25, 0.3) is 0 Å². The van der Waals surface area contributed by atoms with Crippen molar-refractivity contribution in [2.75, 3.05) is 5.73 Å². The molecular formula is C11H7F3N2. The summed E-state index contributed by atoms with van der Waals surface area (Å²) in [5.41, 5.74) is 4.91. The smallest absolute Gasteiger partial charge is 0.398 e. The maximum absolute atomic E-state index is 12.3. The lowest BCUT2D eigenvalue weighted by molar-refractivity contribution is -0.137. The number of alkyl halides is 3. The Bertz CT molecular complexity index is 487. The van der Waals surface area contributed by atoms with E-state index in [2.05, 4.69) is 11.8 Å². The average Bonchev–Trinajstić information content (AvgIpc) is 2.19. The third kappa shape index (κ3) is 2.93. The Balaban J connectivity index is 3.12. The van der Waals surface area contributed by atoms with E-state index in [0.29, 0.717) is 0 Å². The predicted molar refractivity (Wildman–Crippen MR) is 53.0 cm³/mol. The van der Waals surface area contributed by atoms with Gasteiger partial charge in [0.25, 0.3) is 0 Å². The zero-order valence-corrected chi connectivity index (χ0v) is 8.10.